The molecule has 2 atom stereocenters. The van der Waals surface area contributed by atoms with Crippen molar-refractivity contribution in [1.82, 2.24) is 10.6 Å². The lowest BCUT2D eigenvalue weighted by Crippen LogP contribution is -2.40. The zero-order chi connectivity index (χ0) is 16.1. The molecular formula is C18H22N2O2S. The van der Waals surface area contributed by atoms with Crippen LogP contribution < -0.4 is 10.6 Å². The van der Waals surface area contributed by atoms with Crippen LogP contribution >= 0.6 is 11.3 Å². The van der Waals surface area contributed by atoms with Crippen LogP contribution in [-0.2, 0) is 6.42 Å². The van der Waals surface area contributed by atoms with Crippen molar-refractivity contribution in [3.63, 3.8) is 0 Å². The average molecular weight is 330 g/mol. The van der Waals surface area contributed by atoms with Crippen molar-refractivity contribution in [3.8, 4) is 0 Å². The number of aliphatic hydroxyl groups is 1. The van der Waals surface area contributed by atoms with Crippen LogP contribution in [0, 0.1) is 0 Å². The Morgan fingerprint density at radius 1 is 1.30 bits per heavy atom. The molecule has 2 unspecified atom stereocenters. The second-order valence-electron chi connectivity index (χ2n) is 5.95. The lowest BCUT2D eigenvalue weighted by molar-refractivity contribution is 0.173. The number of amides is 2. The van der Waals surface area contributed by atoms with Gasteiger partial charge < -0.3 is 15.7 Å². The number of fused-ring (bicyclic) bond motifs is 1. The molecule has 5 heteroatoms. The number of benzene rings is 1. The van der Waals surface area contributed by atoms with Gasteiger partial charge in [0, 0.05) is 19.0 Å². The summed E-state index contributed by atoms with van der Waals surface area (Å²) in [5.74, 6) is 0.382. The maximum atomic E-state index is 11.9. The second kappa shape index (κ2) is 7.62. The van der Waals surface area contributed by atoms with E-state index in [2.05, 4.69) is 34.9 Å². The van der Waals surface area contributed by atoms with E-state index >= 15 is 0 Å². The van der Waals surface area contributed by atoms with E-state index in [4.69, 9.17) is 0 Å². The van der Waals surface area contributed by atoms with E-state index in [1.54, 1.807) is 0 Å². The SMILES string of the molecule is O=C(NCC(O)c1ccsc1)NCC1CCCc2ccccc21. The molecule has 1 aliphatic carbocycles. The van der Waals surface area contributed by atoms with Crippen LogP contribution in [0.3, 0.4) is 0 Å². The first kappa shape index (κ1) is 16.0. The summed E-state index contributed by atoms with van der Waals surface area (Å²) in [6.45, 7) is 0.862. The van der Waals surface area contributed by atoms with Gasteiger partial charge in [0.1, 0.15) is 0 Å². The van der Waals surface area contributed by atoms with E-state index < -0.39 is 6.10 Å². The van der Waals surface area contributed by atoms with E-state index in [-0.39, 0.29) is 12.6 Å². The minimum Gasteiger partial charge on any atom is -0.387 e. The first-order chi connectivity index (χ1) is 11.2. The standard InChI is InChI=1S/C18H22N2O2S/c21-17(15-8-9-23-12-15)11-20-18(22)19-10-14-6-3-5-13-4-1-2-7-16(13)14/h1-2,4,7-9,12,14,17,21H,3,5-6,10-11H2,(H2,19,20,22). The topological polar surface area (TPSA) is 61.4 Å². The maximum absolute atomic E-state index is 11.9. The van der Waals surface area contributed by atoms with Gasteiger partial charge in [-0.1, -0.05) is 24.3 Å². The summed E-state index contributed by atoms with van der Waals surface area (Å²) < 4.78 is 0. The molecule has 23 heavy (non-hydrogen) atoms. The molecule has 1 aromatic heterocycles. The molecule has 2 aromatic rings. The summed E-state index contributed by atoms with van der Waals surface area (Å²) in [5.41, 5.74) is 3.60. The van der Waals surface area contributed by atoms with Crippen molar-refractivity contribution in [3.05, 3.63) is 57.8 Å². The fourth-order valence-corrected chi connectivity index (χ4v) is 3.82. The van der Waals surface area contributed by atoms with Gasteiger partial charge >= 0.3 is 6.03 Å². The molecule has 3 N–H and O–H groups in total. The van der Waals surface area contributed by atoms with Gasteiger partial charge in [0.15, 0.2) is 0 Å². The fraction of sp³-hybridized carbons (Fsp3) is 0.389. The molecule has 0 fully saturated rings. The molecule has 122 valence electrons. The highest BCUT2D eigenvalue weighted by atomic mass is 32.1. The molecule has 0 radical (unpaired) electrons. The Labute approximate surface area is 140 Å². The molecule has 0 spiro atoms. The molecule has 4 nitrogen and oxygen atoms in total. The third kappa shape index (κ3) is 4.12. The third-order valence-electron chi connectivity index (χ3n) is 4.39. The van der Waals surface area contributed by atoms with E-state index in [1.807, 2.05) is 16.8 Å². The van der Waals surface area contributed by atoms with E-state index in [0.717, 1.165) is 18.4 Å². The number of carbonyl (C=O) groups excluding carboxylic acids is 1. The van der Waals surface area contributed by atoms with Gasteiger partial charge in [0.05, 0.1) is 6.10 Å². The Hall–Kier alpha value is -1.85. The Morgan fingerprint density at radius 2 is 2.17 bits per heavy atom. The number of aryl methyl sites for hydroxylation is 1. The number of hydrogen-bond donors (Lipinski definition) is 3. The van der Waals surface area contributed by atoms with Crippen molar-refractivity contribution in [2.45, 2.75) is 31.3 Å². The molecule has 3 rings (SSSR count). The van der Waals surface area contributed by atoms with Crippen LogP contribution in [0.1, 0.15) is 41.6 Å². The number of aliphatic hydroxyl groups excluding tert-OH is 1. The molecule has 2 amide bonds. The highest BCUT2D eigenvalue weighted by Crippen LogP contribution is 2.30. The van der Waals surface area contributed by atoms with Crippen LogP contribution in [0.2, 0.25) is 0 Å². The Kier molecular flexibility index (Phi) is 5.31. The predicted molar refractivity (Wildman–Crippen MR) is 92.8 cm³/mol. The number of hydrogen-bond acceptors (Lipinski definition) is 3. The highest BCUT2D eigenvalue weighted by Gasteiger charge is 2.20. The molecule has 0 saturated heterocycles. The predicted octanol–water partition coefficient (Wildman–Crippen LogP) is 3.20. The molecule has 0 aliphatic heterocycles. The fourth-order valence-electron chi connectivity index (χ4n) is 3.12. The summed E-state index contributed by atoms with van der Waals surface area (Å²) in [4.78, 5) is 11.9. The summed E-state index contributed by atoms with van der Waals surface area (Å²) in [5, 5.41) is 19.5. The normalized spacial score (nSPS) is 18.0. The number of carbonyl (C=O) groups is 1. The van der Waals surface area contributed by atoms with Crippen LogP contribution in [0.15, 0.2) is 41.1 Å². The zero-order valence-corrected chi connectivity index (χ0v) is 13.8. The van der Waals surface area contributed by atoms with Crippen molar-refractivity contribution in [1.29, 1.82) is 0 Å². The number of nitrogens with one attached hydrogen (secondary N) is 2. The number of urea groups is 1. The van der Waals surface area contributed by atoms with Gasteiger partial charge in [-0.15, -0.1) is 0 Å². The average Bonchev–Trinajstić information content (AvgIpc) is 3.12. The first-order valence-electron chi connectivity index (χ1n) is 8.03. The maximum Gasteiger partial charge on any atom is 0.314 e. The lowest BCUT2D eigenvalue weighted by Gasteiger charge is -2.25. The molecule has 0 bridgehead atoms. The Balaban J connectivity index is 1.46. The summed E-state index contributed by atoms with van der Waals surface area (Å²) >= 11 is 1.54. The smallest absolute Gasteiger partial charge is 0.314 e. The zero-order valence-electron chi connectivity index (χ0n) is 13.0. The monoisotopic (exact) mass is 330 g/mol. The minimum atomic E-state index is -0.651. The van der Waals surface area contributed by atoms with Gasteiger partial charge in [-0.3, -0.25) is 0 Å². The van der Waals surface area contributed by atoms with Crippen molar-refractivity contribution < 1.29 is 9.90 Å². The van der Waals surface area contributed by atoms with Gasteiger partial charge in [-0.05, 0) is 52.8 Å². The van der Waals surface area contributed by atoms with Gasteiger partial charge in [0.25, 0.3) is 0 Å². The molecule has 1 aromatic carbocycles. The van der Waals surface area contributed by atoms with Crippen LogP contribution in [-0.4, -0.2) is 24.2 Å². The minimum absolute atomic E-state index is 0.220. The second-order valence-corrected chi connectivity index (χ2v) is 6.73. The van der Waals surface area contributed by atoms with E-state index in [9.17, 15) is 9.90 Å². The first-order valence-corrected chi connectivity index (χ1v) is 8.98. The summed E-state index contributed by atoms with van der Waals surface area (Å²) in [6, 6.07) is 10.1. The van der Waals surface area contributed by atoms with Crippen LogP contribution in [0.25, 0.3) is 0 Å². The molecule has 0 saturated carbocycles. The number of thiophene rings is 1. The highest BCUT2D eigenvalue weighted by molar-refractivity contribution is 7.07. The van der Waals surface area contributed by atoms with Gasteiger partial charge in [0.2, 0.25) is 0 Å². The van der Waals surface area contributed by atoms with Gasteiger partial charge in [-0.25, -0.2) is 4.79 Å². The summed E-state index contributed by atoms with van der Waals surface area (Å²) in [6.07, 6.45) is 2.75. The molecular weight excluding hydrogens is 308 g/mol. The van der Waals surface area contributed by atoms with E-state index in [1.165, 1.54) is 28.9 Å². The Morgan fingerprint density at radius 3 is 3.00 bits per heavy atom. The third-order valence-corrected chi connectivity index (χ3v) is 5.09. The van der Waals surface area contributed by atoms with Crippen LogP contribution in [0.4, 0.5) is 4.79 Å². The van der Waals surface area contributed by atoms with Crippen molar-refractivity contribution in [2.75, 3.05) is 13.1 Å². The Bertz CT molecular complexity index is 642. The summed E-state index contributed by atoms with van der Waals surface area (Å²) in [7, 11) is 0. The van der Waals surface area contributed by atoms with Crippen molar-refractivity contribution in [2.24, 2.45) is 0 Å². The lowest BCUT2D eigenvalue weighted by atomic mass is 9.83. The largest absolute Gasteiger partial charge is 0.387 e. The quantitative estimate of drug-likeness (QED) is 0.788. The van der Waals surface area contributed by atoms with Gasteiger partial charge in [-0.2, -0.15) is 11.3 Å². The van der Waals surface area contributed by atoms with E-state index in [0.29, 0.717) is 12.5 Å². The van der Waals surface area contributed by atoms with Crippen molar-refractivity contribution >= 4 is 17.4 Å². The van der Waals surface area contributed by atoms with Crippen LogP contribution in [0.5, 0.6) is 0 Å². The molecule has 1 aliphatic rings. The number of rotatable bonds is 5. The molecule has 1 heterocycles.